The molecular formula is C16H14N2O. The molecule has 0 unspecified atom stereocenters. The molecule has 19 heavy (non-hydrogen) atoms. The Morgan fingerprint density at radius 3 is 2.79 bits per heavy atom. The highest BCUT2D eigenvalue weighted by atomic mass is 16.5. The van der Waals surface area contributed by atoms with Crippen molar-refractivity contribution in [3.8, 4) is 17.7 Å². The Hall–Kier alpha value is -2.47. The summed E-state index contributed by atoms with van der Waals surface area (Å²) in [6.45, 7) is 1.57. The lowest BCUT2D eigenvalue weighted by atomic mass is 10.2. The van der Waals surface area contributed by atoms with Crippen LogP contribution in [0.3, 0.4) is 0 Å². The molecule has 0 saturated carbocycles. The number of hydrogen-bond donors (Lipinski definition) is 0. The molecule has 3 heteroatoms. The zero-order valence-electron chi connectivity index (χ0n) is 10.8. The molecule has 0 N–H and O–H groups in total. The van der Waals surface area contributed by atoms with Gasteiger partial charge >= 0.3 is 0 Å². The Morgan fingerprint density at radius 1 is 1.11 bits per heavy atom. The molecule has 0 atom stereocenters. The minimum atomic E-state index is 0.673. The first-order valence-electron chi connectivity index (χ1n) is 6.25. The predicted octanol–water partition coefficient (Wildman–Crippen LogP) is 2.31. The number of nitrogens with zero attached hydrogens (tertiary/aromatic N) is 2. The number of likely N-dealkylation sites (N-methyl/N-ethyl adjacent to an activating group) is 1. The summed E-state index contributed by atoms with van der Waals surface area (Å²) in [6.07, 6.45) is 0. The van der Waals surface area contributed by atoms with Crippen molar-refractivity contribution >= 4 is 5.69 Å². The summed E-state index contributed by atoms with van der Waals surface area (Å²) in [5.41, 5.74) is 2.74. The van der Waals surface area contributed by atoms with Crippen LogP contribution in [0, 0.1) is 11.8 Å². The molecule has 0 saturated heterocycles. The van der Waals surface area contributed by atoms with Gasteiger partial charge in [0.2, 0.25) is 5.88 Å². The van der Waals surface area contributed by atoms with Crippen molar-refractivity contribution in [2.45, 2.75) is 0 Å². The number of ether oxygens (including phenoxy) is 1. The highest BCUT2D eigenvalue weighted by molar-refractivity contribution is 5.57. The highest BCUT2D eigenvalue weighted by Gasteiger charge is 2.15. The van der Waals surface area contributed by atoms with Crippen molar-refractivity contribution in [1.82, 2.24) is 4.98 Å². The topological polar surface area (TPSA) is 25.4 Å². The van der Waals surface area contributed by atoms with Gasteiger partial charge in [-0.3, -0.25) is 0 Å². The molecule has 2 heterocycles. The molecule has 0 fully saturated rings. The van der Waals surface area contributed by atoms with E-state index in [-0.39, 0.29) is 0 Å². The fourth-order valence-electron chi connectivity index (χ4n) is 1.96. The lowest BCUT2D eigenvalue weighted by molar-refractivity contribution is 0.298. The van der Waals surface area contributed by atoms with Gasteiger partial charge in [-0.1, -0.05) is 24.1 Å². The van der Waals surface area contributed by atoms with Crippen LogP contribution in [0.25, 0.3) is 0 Å². The second-order valence-corrected chi connectivity index (χ2v) is 4.41. The molecule has 1 aromatic heterocycles. The number of aromatic nitrogens is 1. The zero-order chi connectivity index (χ0) is 13.1. The van der Waals surface area contributed by atoms with E-state index in [2.05, 4.69) is 21.7 Å². The molecule has 1 aliphatic heterocycles. The lowest BCUT2D eigenvalue weighted by Gasteiger charge is -2.26. The van der Waals surface area contributed by atoms with Crippen LogP contribution in [0.4, 0.5) is 5.69 Å². The van der Waals surface area contributed by atoms with Gasteiger partial charge in [-0.05, 0) is 30.2 Å². The van der Waals surface area contributed by atoms with Crippen LogP contribution in [0.2, 0.25) is 0 Å². The van der Waals surface area contributed by atoms with E-state index in [0.717, 1.165) is 23.5 Å². The van der Waals surface area contributed by atoms with Crippen LogP contribution >= 0.6 is 0 Å². The fraction of sp³-hybridized carbons (Fsp3) is 0.188. The van der Waals surface area contributed by atoms with Gasteiger partial charge in [0, 0.05) is 12.6 Å². The van der Waals surface area contributed by atoms with E-state index in [1.165, 1.54) is 0 Å². The summed E-state index contributed by atoms with van der Waals surface area (Å²) in [6, 6.07) is 13.8. The molecule has 0 amide bonds. The molecule has 94 valence electrons. The number of benzene rings is 1. The number of rotatable bonds is 0. The number of pyridine rings is 1. The molecule has 1 aliphatic rings. The Kier molecular flexibility index (Phi) is 3.07. The standard InChI is InChI=1S/C16H14N2O/c1-18-11-12-19-16-15(18)10-9-14(17-16)8-7-13-5-3-2-4-6-13/h2-6,9-10H,11-12H2,1H3. The molecule has 0 spiro atoms. The van der Waals surface area contributed by atoms with Gasteiger partial charge in [0.15, 0.2) is 0 Å². The Balaban J connectivity index is 1.89. The lowest BCUT2D eigenvalue weighted by Crippen LogP contribution is -2.29. The minimum absolute atomic E-state index is 0.673. The first-order chi connectivity index (χ1) is 9.33. The van der Waals surface area contributed by atoms with Gasteiger partial charge in [0.25, 0.3) is 0 Å². The number of anilines is 1. The average Bonchev–Trinajstić information content (AvgIpc) is 2.46. The maximum Gasteiger partial charge on any atom is 0.238 e. The van der Waals surface area contributed by atoms with Gasteiger partial charge in [-0.25, -0.2) is 4.98 Å². The molecule has 3 nitrogen and oxygen atoms in total. The Bertz CT molecular complexity index is 641. The van der Waals surface area contributed by atoms with Crippen molar-refractivity contribution in [2.75, 3.05) is 25.1 Å². The van der Waals surface area contributed by atoms with E-state index in [1.807, 2.05) is 49.5 Å². The second kappa shape index (κ2) is 5.03. The summed E-state index contributed by atoms with van der Waals surface area (Å²) in [5, 5.41) is 0. The van der Waals surface area contributed by atoms with E-state index < -0.39 is 0 Å². The van der Waals surface area contributed by atoms with Crippen LogP contribution in [-0.2, 0) is 0 Å². The molecule has 2 aromatic rings. The third-order valence-electron chi connectivity index (χ3n) is 3.03. The number of hydrogen-bond acceptors (Lipinski definition) is 3. The fourth-order valence-corrected chi connectivity index (χ4v) is 1.96. The van der Waals surface area contributed by atoms with Gasteiger partial charge in [-0.15, -0.1) is 0 Å². The molecule has 1 aromatic carbocycles. The van der Waals surface area contributed by atoms with E-state index >= 15 is 0 Å². The third kappa shape index (κ3) is 2.53. The van der Waals surface area contributed by atoms with Crippen LogP contribution in [0.5, 0.6) is 5.88 Å². The van der Waals surface area contributed by atoms with Gasteiger partial charge in [0.1, 0.15) is 12.3 Å². The summed E-state index contributed by atoms with van der Waals surface area (Å²) < 4.78 is 5.57. The molecule has 0 radical (unpaired) electrons. The second-order valence-electron chi connectivity index (χ2n) is 4.41. The largest absolute Gasteiger partial charge is 0.474 e. The molecule has 0 bridgehead atoms. The van der Waals surface area contributed by atoms with E-state index in [4.69, 9.17) is 4.74 Å². The minimum Gasteiger partial charge on any atom is -0.474 e. The summed E-state index contributed by atoms with van der Waals surface area (Å²) >= 11 is 0. The molecular weight excluding hydrogens is 236 g/mol. The first-order valence-corrected chi connectivity index (χ1v) is 6.25. The van der Waals surface area contributed by atoms with E-state index in [1.54, 1.807) is 0 Å². The Labute approximate surface area is 112 Å². The van der Waals surface area contributed by atoms with Crippen LogP contribution in [0.1, 0.15) is 11.3 Å². The van der Waals surface area contributed by atoms with E-state index in [9.17, 15) is 0 Å². The number of fused-ring (bicyclic) bond motifs is 1. The molecule has 3 rings (SSSR count). The van der Waals surface area contributed by atoms with Crippen LogP contribution in [0.15, 0.2) is 42.5 Å². The zero-order valence-corrected chi connectivity index (χ0v) is 10.8. The quantitative estimate of drug-likeness (QED) is 0.671. The normalized spacial score (nSPS) is 13.0. The van der Waals surface area contributed by atoms with Gasteiger partial charge in [0.05, 0.1) is 12.2 Å². The smallest absolute Gasteiger partial charge is 0.238 e. The first kappa shape index (κ1) is 11.6. The van der Waals surface area contributed by atoms with Crippen molar-refractivity contribution < 1.29 is 4.74 Å². The maximum absolute atomic E-state index is 5.57. The van der Waals surface area contributed by atoms with Crippen LogP contribution in [-0.4, -0.2) is 25.2 Å². The Morgan fingerprint density at radius 2 is 1.95 bits per heavy atom. The monoisotopic (exact) mass is 250 g/mol. The highest BCUT2D eigenvalue weighted by Crippen LogP contribution is 2.28. The van der Waals surface area contributed by atoms with Crippen molar-refractivity contribution in [1.29, 1.82) is 0 Å². The summed E-state index contributed by atoms with van der Waals surface area (Å²) in [7, 11) is 2.04. The molecule has 0 aliphatic carbocycles. The maximum atomic E-state index is 5.57. The van der Waals surface area contributed by atoms with Crippen LogP contribution < -0.4 is 9.64 Å². The summed E-state index contributed by atoms with van der Waals surface area (Å²) in [5.74, 6) is 6.84. The van der Waals surface area contributed by atoms with Gasteiger partial charge < -0.3 is 9.64 Å². The van der Waals surface area contributed by atoms with Crippen molar-refractivity contribution in [3.63, 3.8) is 0 Å². The average molecular weight is 250 g/mol. The van der Waals surface area contributed by atoms with Gasteiger partial charge in [-0.2, -0.15) is 0 Å². The SMILES string of the molecule is CN1CCOc2nc(C#Cc3ccccc3)ccc21. The predicted molar refractivity (Wildman–Crippen MR) is 75.4 cm³/mol. The van der Waals surface area contributed by atoms with Crippen molar-refractivity contribution in [3.05, 3.63) is 53.7 Å². The summed E-state index contributed by atoms with van der Waals surface area (Å²) in [4.78, 5) is 6.58. The van der Waals surface area contributed by atoms with Crippen molar-refractivity contribution in [2.24, 2.45) is 0 Å². The van der Waals surface area contributed by atoms with E-state index in [0.29, 0.717) is 12.5 Å². The third-order valence-corrected chi connectivity index (χ3v) is 3.03.